The van der Waals surface area contributed by atoms with Gasteiger partial charge >= 0.3 is 0 Å². The summed E-state index contributed by atoms with van der Waals surface area (Å²) in [6.07, 6.45) is 1.54. The lowest BCUT2D eigenvalue weighted by Crippen LogP contribution is -2.17. The maximum absolute atomic E-state index is 10.8. The zero-order valence-corrected chi connectivity index (χ0v) is 11.1. The number of hydrogen-bond acceptors (Lipinski definition) is 3. The van der Waals surface area contributed by atoms with Crippen molar-refractivity contribution in [1.29, 1.82) is 0 Å². The van der Waals surface area contributed by atoms with E-state index in [4.69, 9.17) is 9.15 Å². The van der Waals surface area contributed by atoms with E-state index in [0.29, 0.717) is 12.4 Å². The fourth-order valence-corrected chi connectivity index (χ4v) is 2.66. The summed E-state index contributed by atoms with van der Waals surface area (Å²) in [5, 5.41) is 0. The fraction of sp³-hybridized carbons (Fsp3) is 0.312. The van der Waals surface area contributed by atoms with E-state index in [9.17, 15) is 4.79 Å². The van der Waals surface area contributed by atoms with Crippen LogP contribution < -0.4 is 0 Å². The number of aryl methyl sites for hydroxylation is 2. The van der Waals surface area contributed by atoms with Crippen molar-refractivity contribution in [3.63, 3.8) is 0 Å². The number of hydrogen-bond donors (Lipinski definition) is 0. The van der Waals surface area contributed by atoms with Gasteiger partial charge in [0.15, 0.2) is 12.0 Å². The van der Waals surface area contributed by atoms with Crippen LogP contribution in [0, 0.1) is 13.8 Å². The van der Waals surface area contributed by atoms with Crippen molar-refractivity contribution in [1.82, 2.24) is 0 Å². The molecule has 0 radical (unpaired) electrons. The van der Waals surface area contributed by atoms with E-state index in [1.807, 2.05) is 6.92 Å². The minimum absolute atomic E-state index is 0.124. The molecule has 0 fully saturated rings. The predicted octanol–water partition coefficient (Wildman–Crippen LogP) is 3.37. The summed E-state index contributed by atoms with van der Waals surface area (Å²) in [7, 11) is 0. The quantitative estimate of drug-likeness (QED) is 0.773. The molecule has 0 saturated heterocycles. The highest BCUT2D eigenvalue weighted by molar-refractivity contribution is 5.71. The fourth-order valence-electron chi connectivity index (χ4n) is 2.66. The van der Waals surface area contributed by atoms with Gasteiger partial charge in [-0.2, -0.15) is 0 Å². The summed E-state index contributed by atoms with van der Waals surface area (Å²) in [6.45, 7) is 4.64. The van der Waals surface area contributed by atoms with E-state index < -0.39 is 0 Å². The molecular weight excluding hydrogens is 240 g/mol. The van der Waals surface area contributed by atoms with E-state index in [0.717, 1.165) is 24.0 Å². The van der Waals surface area contributed by atoms with Gasteiger partial charge in [0.1, 0.15) is 11.9 Å². The first-order valence-electron chi connectivity index (χ1n) is 6.45. The number of carbonyl (C=O) groups excluding carboxylic acids is 1. The van der Waals surface area contributed by atoms with E-state index in [1.54, 1.807) is 6.07 Å². The molecule has 1 aromatic carbocycles. The van der Waals surface area contributed by atoms with Gasteiger partial charge in [-0.15, -0.1) is 0 Å². The zero-order chi connectivity index (χ0) is 13.4. The second kappa shape index (κ2) is 4.67. The van der Waals surface area contributed by atoms with Crippen LogP contribution in [-0.4, -0.2) is 12.9 Å². The number of furan rings is 1. The smallest absolute Gasteiger partial charge is 0.185 e. The lowest BCUT2D eigenvalue weighted by molar-refractivity contribution is 0.0688. The molecular formula is C16H16O3. The maximum Gasteiger partial charge on any atom is 0.185 e. The Bertz CT molecular complexity index is 625. The molecule has 1 aliphatic rings. The number of ether oxygens (including phenoxy) is 1. The number of aldehydes is 1. The van der Waals surface area contributed by atoms with Crippen LogP contribution in [0.1, 0.15) is 44.7 Å². The summed E-state index contributed by atoms with van der Waals surface area (Å²) in [6, 6.07) is 8.23. The van der Waals surface area contributed by atoms with Crippen LogP contribution in [-0.2, 0) is 11.2 Å². The van der Waals surface area contributed by atoms with E-state index >= 15 is 0 Å². The van der Waals surface area contributed by atoms with Gasteiger partial charge in [0.2, 0.25) is 0 Å². The largest absolute Gasteiger partial charge is 0.458 e. The molecule has 1 atom stereocenters. The van der Waals surface area contributed by atoms with Gasteiger partial charge in [0, 0.05) is 5.56 Å². The molecule has 0 bridgehead atoms. The Balaban J connectivity index is 2.09. The summed E-state index contributed by atoms with van der Waals surface area (Å²) in [4.78, 5) is 10.8. The molecule has 0 spiro atoms. The van der Waals surface area contributed by atoms with Crippen LogP contribution in [0.4, 0.5) is 0 Å². The van der Waals surface area contributed by atoms with Crippen molar-refractivity contribution in [2.45, 2.75) is 26.4 Å². The van der Waals surface area contributed by atoms with E-state index in [1.165, 1.54) is 16.7 Å². The molecule has 98 valence electrons. The SMILES string of the molecule is Cc1ccc2c(c1)C(c1cc(C=O)oc1C)OCC2. The van der Waals surface area contributed by atoms with Gasteiger partial charge in [-0.1, -0.05) is 23.8 Å². The molecule has 19 heavy (non-hydrogen) atoms. The standard InChI is InChI=1S/C16H16O3/c1-10-3-4-12-5-6-18-16(15(12)7-10)14-8-13(9-17)19-11(14)2/h3-4,7-9,16H,5-6H2,1-2H3. The molecule has 2 aromatic rings. The van der Waals surface area contributed by atoms with Crippen LogP contribution in [0.3, 0.4) is 0 Å². The molecule has 0 amide bonds. The normalized spacial score (nSPS) is 18.1. The maximum atomic E-state index is 10.8. The first-order chi connectivity index (χ1) is 9.19. The minimum atomic E-state index is -0.124. The Labute approximate surface area is 112 Å². The number of fused-ring (bicyclic) bond motifs is 1. The van der Waals surface area contributed by atoms with Gasteiger partial charge in [0.05, 0.1) is 6.61 Å². The highest BCUT2D eigenvalue weighted by Gasteiger charge is 2.26. The monoisotopic (exact) mass is 256 g/mol. The molecule has 0 saturated carbocycles. The van der Waals surface area contributed by atoms with E-state index in [2.05, 4.69) is 25.1 Å². The Morgan fingerprint density at radius 2 is 2.05 bits per heavy atom. The molecule has 1 aliphatic heterocycles. The molecule has 0 aliphatic carbocycles. The van der Waals surface area contributed by atoms with Crippen LogP contribution in [0.2, 0.25) is 0 Å². The molecule has 2 heterocycles. The number of rotatable bonds is 2. The van der Waals surface area contributed by atoms with Crippen molar-refractivity contribution >= 4 is 6.29 Å². The molecule has 1 aromatic heterocycles. The van der Waals surface area contributed by atoms with Crippen LogP contribution in [0.25, 0.3) is 0 Å². The average molecular weight is 256 g/mol. The number of benzene rings is 1. The van der Waals surface area contributed by atoms with Crippen molar-refractivity contribution < 1.29 is 13.9 Å². The van der Waals surface area contributed by atoms with Gasteiger partial charge in [0.25, 0.3) is 0 Å². The highest BCUT2D eigenvalue weighted by atomic mass is 16.5. The van der Waals surface area contributed by atoms with E-state index in [-0.39, 0.29) is 6.10 Å². The molecule has 3 nitrogen and oxygen atoms in total. The summed E-state index contributed by atoms with van der Waals surface area (Å²) >= 11 is 0. The predicted molar refractivity (Wildman–Crippen MR) is 71.5 cm³/mol. The molecule has 0 N–H and O–H groups in total. The first-order valence-corrected chi connectivity index (χ1v) is 6.45. The minimum Gasteiger partial charge on any atom is -0.458 e. The third kappa shape index (κ3) is 2.10. The number of carbonyl (C=O) groups is 1. The Morgan fingerprint density at radius 1 is 1.21 bits per heavy atom. The zero-order valence-electron chi connectivity index (χ0n) is 11.1. The van der Waals surface area contributed by atoms with Crippen molar-refractivity contribution in [2.24, 2.45) is 0 Å². The van der Waals surface area contributed by atoms with Crippen molar-refractivity contribution in [2.75, 3.05) is 6.61 Å². The summed E-state index contributed by atoms with van der Waals surface area (Å²) in [5.41, 5.74) is 4.67. The lowest BCUT2D eigenvalue weighted by atomic mass is 9.92. The topological polar surface area (TPSA) is 39.4 Å². The Morgan fingerprint density at radius 3 is 2.79 bits per heavy atom. The molecule has 1 unspecified atom stereocenters. The van der Waals surface area contributed by atoms with Gasteiger partial charge in [-0.25, -0.2) is 0 Å². The second-order valence-electron chi connectivity index (χ2n) is 4.98. The highest BCUT2D eigenvalue weighted by Crippen LogP contribution is 2.35. The van der Waals surface area contributed by atoms with Crippen LogP contribution in [0.15, 0.2) is 28.7 Å². The summed E-state index contributed by atoms with van der Waals surface area (Å²) in [5.74, 6) is 1.11. The van der Waals surface area contributed by atoms with Gasteiger partial charge in [-0.05, 0) is 37.5 Å². The van der Waals surface area contributed by atoms with Crippen LogP contribution >= 0.6 is 0 Å². The summed E-state index contributed by atoms with van der Waals surface area (Å²) < 4.78 is 11.3. The third-order valence-corrected chi connectivity index (χ3v) is 3.61. The molecule has 3 rings (SSSR count). The van der Waals surface area contributed by atoms with Gasteiger partial charge < -0.3 is 9.15 Å². The van der Waals surface area contributed by atoms with Gasteiger partial charge in [-0.3, -0.25) is 4.79 Å². The van der Waals surface area contributed by atoms with Crippen molar-refractivity contribution in [3.05, 3.63) is 58.0 Å². The average Bonchev–Trinajstić information content (AvgIpc) is 2.79. The van der Waals surface area contributed by atoms with Crippen molar-refractivity contribution in [3.8, 4) is 0 Å². The Kier molecular flexibility index (Phi) is 2.99. The molecule has 3 heteroatoms. The lowest BCUT2D eigenvalue weighted by Gasteiger charge is -2.26. The third-order valence-electron chi connectivity index (χ3n) is 3.61. The first kappa shape index (κ1) is 12.2. The second-order valence-corrected chi connectivity index (χ2v) is 4.98. The Hall–Kier alpha value is -1.87. The van der Waals surface area contributed by atoms with Crippen LogP contribution in [0.5, 0.6) is 0 Å².